The molecule has 0 aliphatic heterocycles. The highest BCUT2D eigenvalue weighted by molar-refractivity contribution is 5.70. The topological polar surface area (TPSA) is 72.8 Å². The van der Waals surface area contributed by atoms with E-state index in [1.807, 2.05) is 0 Å². The Morgan fingerprint density at radius 2 is 0.851 bits per heavy atom. The van der Waals surface area contributed by atoms with Gasteiger partial charge >= 0.3 is 11.9 Å². The predicted octanol–water partition coefficient (Wildman–Crippen LogP) is 12.2. The summed E-state index contributed by atoms with van der Waals surface area (Å²) in [5.74, 6) is -0.616. The van der Waals surface area contributed by atoms with Crippen molar-refractivity contribution >= 4 is 11.9 Å². The van der Waals surface area contributed by atoms with Crippen LogP contribution in [-0.4, -0.2) is 36.4 Å². The Bertz CT molecular complexity index is 797. The standard InChI is InChI=1S/C42H74O5/c1-3-5-7-9-11-13-15-17-19-20-21-22-23-25-27-29-31-33-35-37-42(45)47-40(38-43)39-46-41(44)36-34-32-30-28-26-24-18-16-14-12-10-8-6-4-2/h11,13,16-19,21-22,40,43H,3-10,12,14-15,20,23-39H2,1-2H3/b13-11-,18-16-,19-17-,22-21-. The van der Waals surface area contributed by atoms with Gasteiger partial charge in [0.05, 0.1) is 6.61 Å². The lowest BCUT2D eigenvalue weighted by Crippen LogP contribution is -2.28. The first-order valence-electron chi connectivity index (χ1n) is 19.7. The Labute approximate surface area is 290 Å². The zero-order chi connectivity index (χ0) is 34.3. The van der Waals surface area contributed by atoms with E-state index in [4.69, 9.17) is 9.47 Å². The van der Waals surface area contributed by atoms with Gasteiger partial charge in [-0.25, -0.2) is 0 Å². The molecule has 0 aromatic rings. The van der Waals surface area contributed by atoms with Crippen LogP contribution in [0.3, 0.4) is 0 Å². The van der Waals surface area contributed by atoms with Crippen molar-refractivity contribution in [3.05, 3.63) is 48.6 Å². The highest BCUT2D eigenvalue weighted by Crippen LogP contribution is 2.12. The first kappa shape index (κ1) is 44.9. The van der Waals surface area contributed by atoms with Gasteiger partial charge in [-0.05, 0) is 77.0 Å². The maximum absolute atomic E-state index is 12.2. The van der Waals surface area contributed by atoms with E-state index >= 15 is 0 Å². The van der Waals surface area contributed by atoms with E-state index < -0.39 is 6.10 Å². The first-order valence-corrected chi connectivity index (χ1v) is 19.7. The Morgan fingerprint density at radius 3 is 1.34 bits per heavy atom. The van der Waals surface area contributed by atoms with Gasteiger partial charge in [0.1, 0.15) is 6.61 Å². The van der Waals surface area contributed by atoms with Crippen molar-refractivity contribution in [3.8, 4) is 0 Å². The molecule has 0 rings (SSSR count). The summed E-state index contributed by atoms with van der Waals surface area (Å²) in [5, 5.41) is 9.55. The van der Waals surface area contributed by atoms with E-state index in [-0.39, 0.29) is 25.2 Å². The molecule has 0 saturated heterocycles. The van der Waals surface area contributed by atoms with Crippen LogP contribution in [0, 0.1) is 0 Å². The van der Waals surface area contributed by atoms with Crippen LogP contribution in [0.1, 0.15) is 187 Å². The molecule has 1 unspecified atom stereocenters. The predicted molar refractivity (Wildman–Crippen MR) is 200 cm³/mol. The third-order valence-electron chi connectivity index (χ3n) is 8.35. The van der Waals surface area contributed by atoms with Crippen LogP contribution in [0.4, 0.5) is 0 Å². The molecule has 0 bridgehead atoms. The normalized spacial score (nSPS) is 12.7. The fourth-order valence-electron chi connectivity index (χ4n) is 5.32. The van der Waals surface area contributed by atoms with Gasteiger partial charge in [-0.15, -0.1) is 0 Å². The van der Waals surface area contributed by atoms with E-state index in [0.29, 0.717) is 12.8 Å². The molecule has 0 amide bonds. The van der Waals surface area contributed by atoms with Crippen LogP contribution in [0.5, 0.6) is 0 Å². The molecular weight excluding hydrogens is 584 g/mol. The monoisotopic (exact) mass is 659 g/mol. The number of aliphatic hydroxyl groups is 1. The summed E-state index contributed by atoms with van der Waals surface area (Å²) in [6, 6.07) is 0. The number of hydrogen-bond donors (Lipinski definition) is 1. The number of aliphatic hydroxyl groups excluding tert-OH is 1. The van der Waals surface area contributed by atoms with Gasteiger partial charge < -0.3 is 14.6 Å². The third-order valence-corrected chi connectivity index (χ3v) is 8.35. The number of unbranched alkanes of at least 4 members (excludes halogenated alkanes) is 19. The molecule has 0 saturated carbocycles. The average molecular weight is 659 g/mol. The minimum atomic E-state index is -0.781. The fraction of sp³-hybridized carbons (Fsp3) is 0.762. The number of ether oxygens (including phenoxy) is 2. The second-order valence-corrected chi connectivity index (χ2v) is 13.0. The van der Waals surface area contributed by atoms with Gasteiger partial charge in [0.25, 0.3) is 0 Å². The highest BCUT2D eigenvalue weighted by Gasteiger charge is 2.16. The number of rotatable bonds is 35. The molecular formula is C42H74O5. The van der Waals surface area contributed by atoms with Crippen molar-refractivity contribution in [1.29, 1.82) is 0 Å². The smallest absolute Gasteiger partial charge is 0.306 e. The van der Waals surface area contributed by atoms with Crippen LogP contribution in [0.25, 0.3) is 0 Å². The molecule has 1 atom stereocenters. The second kappa shape index (κ2) is 38.3. The lowest BCUT2D eigenvalue weighted by molar-refractivity contribution is -0.161. The summed E-state index contributed by atoms with van der Waals surface area (Å²) in [6.45, 7) is 4.08. The van der Waals surface area contributed by atoms with Gasteiger partial charge in [0, 0.05) is 12.8 Å². The van der Waals surface area contributed by atoms with E-state index in [2.05, 4.69) is 62.5 Å². The van der Waals surface area contributed by atoms with E-state index in [1.165, 1.54) is 96.3 Å². The lowest BCUT2D eigenvalue weighted by Gasteiger charge is -2.15. The molecule has 0 aliphatic rings. The Hall–Kier alpha value is -2.14. The summed E-state index contributed by atoms with van der Waals surface area (Å²) in [6.07, 6.45) is 47.3. The molecule has 272 valence electrons. The molecule has 5 nitrogen and oxygen atoms in total. The summed E-state index contributed by atoms with van der Waals surface area (Å²) < 4.78 is 10.6. The van der Waals surface area contributed by atoms with Gasteiger partial charge in [-0.3, -0.25) is 9.59 Å². The fourth-order valence-corrected chi connectivity index (χ4v) is 5.32. The zero-order valence-corrected chi connectivity index (χ0v) is 30.8. The molecule has 1 N–H and O–H groups in total. The van der Waals surface area contributed by atoms with Crippen LogP contribution >= 0.6 is 0 Å². The molecule has 0 aromatic carbocycles. The number of allylic oxidation sites excluding steroid dienone is 8. The molecule has 0 heterocycles. The number of carbonyl (C=O) groups excluding carboxylic acids is 2. The van der Waals surface area contributed by atoms with Gasteiger partial charge in [0.15, 0.2) is 6.10 Å². The van der Waals surface area contributed by atoms with E-state index in [9.17, 15) is 14.7 Å². The maximum atomic E-state index is 12.2. The van der Waals surface area contributed by atoms with Crippen LogP contribution in [0.15, 0.2) is 48.6 Å². The first-order chi connectivity index (χ1) is 23.1. The molecule has 5 heteroatoms. The summed E-state index contributed by atoms with van der Waals surface area (Å²) >= 11 is 0. The third kappa shape index (κ3) is 36.5. The van der Waals surface area contributed by atoms with E-state index in [0.717, 1.165) is 64.2 Å². The highest BCUT2D eigenvalue weighted by atomic mass is 16.6. The Morgan fingerprint density at radius 1 is 0.489 bits per heavy atom. The minimum absolute atomic E-state index is 0.0761. The lowest BCUT2D eigenvalue weighted by atomic mass is 10.1. The number of hydrogen-bond acceptors (Lipinski definition) is 5. The zero-order valence-electron chi connectivity index (χ0n) is 30.8. The molecule has 0 radical (unpaired) electrons. The van der Waals surface area contributed by atoms with Crippen molar-refractivity contribution < 1.29 is 24.2 Å². The quantitative estimate of drug-likeness (QED) is 0.0417. The molecule has 47 heavy (non-hydrogen) atoms. The van der Waals surface area contributed by atoms with Gasteiger partial charge in [-0.1, -0.05) is 146 Å². The average Bonchev–Trinajstić information content (AvgIpc) is 3.07. The number of esters is 2. The maximum Gasteiger partial charge on any atom is 0.306 e. The SMILES string of the molecule is CCCCC/C=C\C/C=C\C/C=C\CCCCCCCCC(=O)OC(CO)COC(=O)CCCCCCC/C=C\CCCCCCC. The van der Waals surface area contributed by atoms with Crippen molar-refractivity contribution in [2.45, 2.75) is 193 Å². The van der Waals surface area contributed by atoms with E-state index in [1.54, 1.807) is 0 Å². The molecule has 0 fully saturated rings. The van der Waals surface area contributed by atoms with Crippen molar-refractivity contribution in [3.63, 3.8) is 0 Å². The van der Waals surface area contributed by atoms with Crippen molar-refractivity contribution in [2.75, 3.05) is 13.2 Å². The largest absolute Gasteiger partial charge is 0.462 e. The Kier molecular flexibility index (Phi) is 36.6. The molecule has 0 aromatic heterocycles. The molecule has 0 spiro atoms. The summed E-state index contributed by atoms with van der Waals surface area (Å²) in [5.41, 5.74) is 0. The minimum Gasteiger partial charge on any atom is -0.462 e. The molecule has 0 aliphatic carbocycles. The van der Waals surface area contributed by atoms with Gasteiger partial charge in [-0.2, -0.15) is 0 Å². The summed E-state index contributed by atoms with van der Waals surface area (Å²) in [4.78, 5) is 24.2. The van der Waals surface area contributed by atoms with Crippen LogP contribution in [0.2, 0.25) is 0 Å². The number of carbonyl (C=O) groups is 2. The summed E-state index contributed by atoms with van der Waals surface area (Å²) in [7, 11) is 0. The van der Waals surface area contributed by atoms with Crippen LogP contribution in [-0.2, 0) is 19.1 Å². The Balaban J connectivity index is 3.61. The second-order valence-electron chi connectivity index (χ2n) is 13.0. The van der Waals surface area contributed by atoms with Crippen LogP contribution < -0.4 is 0 Å². The van der Waals surface area contributed by atoms with Crippen molar-refractivity contribution in [2.24, 2.45) is 0 Å². The van der Waals surface area contributed by atoms with Gasteiger partial charge in [0.2, 0.25) is 0 Å². The van der Waals surface area contributed by atoms with Crippen molar-refractivity contribution in [1.82, 2.24) is 0 Å².